The number of hydrogen-bond acceptors (Lipinski definition) is 7. The highest BCUT2D eigenvalue weighted by atomic mass is 32.1. The van der Waals surface area contributed by atoms with Gasteiger partial charge in [-0.05, 0) is 49.6 Å². The number of carbonyl (C=O) groups is 2. The van der Waals surface area contributed by atoms with Crippen molar-refractivity contribution in [3.05, 3.63) is 35.5 Å². The van der Waals surface area contributed by atoms with Gasteiger partial charge in [0.15, 0.2) is 0 Å². The average molecular weight is 319 g/mol. The Balaban J connectivity index is 2.39. The molecule has 0 saturated heterocycles. The predicted octanol–water partition coefficient (Wildman–Crippen LogP) is 1.56. The molecule has 0 saturated carbocycles. The van der Waals surface area contributed by atoms with Crippen LogP contribution in [0.1, 0.15) is 23.0 Å². The van der Waals surface area contributed by atoms with Crippen molar-refractivity contribution in [3.8, 4) is 0 Å². The minimum absolute atomic E-state index is 0.335. The molecular weight excluding hydrogens is 302 g/mol. The first-order valence-corrected chi connectivity index (χ1v) is 7.33. The van der Waals surface area contributed by atoms with E-state index in [0.717, 1.165) is 17.0 Å². The number of amides is 1. The Kier molecular flexibility index (Phi) is 4.74. The second-order valence-electron chi connectivity index (χ2n) is 4.84. The van der Waals surface area contributed by atoms with Gasteiger partial charge in [-0.15, -0.1) is 0 Å². The zero-order chi connectivity index (χ0) is 16.3. The molecule has 7 nitrogen and oxygen atoms in total. The zero-order valence-electron chi connectivity index (χ0n) is 12.2. The van der Waals surface area contributed by atoms with Crippen molar-refractivity contribution in [2.45, 2.75) is 19.9 Å². The fourth-order valence-electron chi connectivity index (χ4n) is 1.87. The van der Waals surface area contributed by atoms with E-state index in [1.807, 2.05) is 13.0 Å². The summed E-state index contributed by atoms with van der Waals surface area (Å²) in [5.74, 6) is 5.34. The largest absolute Gasteiger partial charge is 0.366 e. The van der Waals surface area contributed by atoms with Gasteiger partial charge in [-0.2, -0.15) is 4.37 Å². The van der Waals surface area contributed by atoms with Crippen LogP contribution in [0.2, 0.25) is 0 Å². The Labute approximate surface area is 132 Å². The average Bonchev–Trinajstić information content (AvgIpc) is 2.90. The molecule has 0 fully saturated rings. The molecule has 2 aromatic rings. The monoisotopic (exact) mass is 319 g/mol. The van der Waals surface area contributed by atoms with E-state index in [-0.39, 0.29) is 0 Å². The second kappa shape index (κ2) is 6.54. The number of nitrogens with two attached hydrogens (primary N) is 2. The van der Waals surface area contributed by atoms with Gasteiger partial charge in [0.25, 0.3) is 5.91 Å². The molecule has 0 aliphatic carbocycles. The fourth-order valence-corrected chi connectivity index (χ4v) is 2.54. The number of hydrazine groups is 1. The lowest BCUT2D eigenvalue weighted by atomic mass is 10.1. The quantitative estimate of drug-likeness (QED) is 0.423. The van der Waals surface area contributed by atoms with E-state index in [2.05, 4.69) is 9.69 Å². The van der Waals surface area contributed by atoms with E-state index < -0.39 is 11.9 Å². The first-order chi connectivity index (χ1) is 10.4. The standard InChI is InChI=1S/C14H17N5O2S/c1-8-5-13(22-18-8)17-12-6-10(19(16)9(2)7-20)3-4-11(12)14(15)21/h3-7,9,17H,16H2,1-2H3,(H2,15,21)/t9-/m1/s1. The van der Waals surface area contributed by atoms with Crippen molar-refractivity contribution in [1.29, 1.82) is 0 Å². The van der Waals surface area contributed by atoms with E-state index in [1.54, 1.807) is 25.1 Å². The molecule has 22 heavy (non-hydrogen) atoms. The molecule has 1 amide bonds. The fraction of sp³-hybridized carbons (Fsp3) is 0.214. The minimum atomic E-state index is -0.553. The molecule has 5 N–H and O–H groups in total. The third kappa shape index (κ3) is 3.41. The van der Waals surface area contributed by atoms with Crippen LogP contribution in [-0.2, 0) is 4.79 Å². The number of rotatable bonds is 6. The topological polar surface area (TPSA) is 114 Å². The number of benzene rings is 1. The summed E-state index contributed by atoms with van der Waals surface area (Å²) in [5, 5.41) is 5.21. The van der Waals surface area contributed by atoms with Gasteiger partial charge < -0.3 is 20.9 Å². The van der Waals surface area contributed by atoms with Gasteiger partial charge in [0, 0.05) is 0 Å². The molecule has 1 aromatic carbocycles. The van der Waals surface area contributed by atoms with E-state index in [0.29, 0.717) is 16.9 Å². The number of primary amides is 1. The van der Waals surface area contributed by atoms with Crippen molar-refractivity contribution in [3.63, 3.8) is 0 Å². The Morgan fingerprint density at radius 3 is 2.73 bits per heavy atom. The third-order valence-corrected chi connectivity index (χ3v) is 3.88. The summed E-state index contributed by atoms with van der Waals surface area (Å²) >= 11 is 1.28. The smallest absolute Gasteiger partial charge is 0.250 e. The molecule has 8 heteroatoms. The first kappa shape index (κ1) is 15.9. The van der Waals surface area contributed by atoms with Crippen LogP contribution >= 0.6 is 11.5 Å². The Bertz CT molecular complexity index is 700. The van der Waals surface area contributed by atoms with Crippen LogP contribution in [0.4, 0.5) is 16.4 Å². The summed E-state index contributed by atoms with van der Waals surface area (Å²) in [7, 11) is 0. The first-order valence-electron chi connectivity index (χ1n) is 6.55. The minimum Gasteiger partial charge on any atom is -0.366 e. The van der Waals surface area contributed by atoms with Gasteiger partial charge in [0.1, 0.15) is 11.3 Å². The summed E-state index contributed by atoms with van der Waals surface area (Å²) in [4.78, 5) is 22.4. The maximum absolute atomic E-state index is 11.6. The van der Waals surface area contributed by atoms with Gasteiger partial charge in [0.05, 0.1) is 28.7 Å². The van der Waals surface area contributed by atoms with Crippen LogP contribution < -0.4 is 21.9 Å². The number of hydrogen-bond donors (Lipinski definition) is 3. The second-order valence-corrected chi connectivity index (χ2v) is 5.64. The van der Waals surface area contributed by atoms with Gasteiger partial charge in [-0.25, -0.2) is 5.84 Å². The van der Waals surface area contributed by atoms with Crippen molar-refractivity contribution in [2.75, 3.05) is 10.3 Å². The van der Waals surface area contributed by atoms with Gasteiger partial charge in [-0.1, -0.05) is 0 Å². The van der Waals surface area contributed by atoms with E-state index in [1.165, 1.54) is 16.5 Å². The highest BCUT2D eigenvalue weighted by Crippen LogP contribution is 2.28. The molecule has 1 aromatic heterocycles. The normalized spacial score (nSPS) is 11.8. The number of aryl methyl sites for hydroxylation is 1. The molecule has 0 bridgehead atoms. The molecule has 0 spiro atoms. The number of anilines is 3. The van der Waals surface area contributed by atoms with Gasteiger partial charge >= 0.3 is 0 Å². The lowest BCUT2D eigenvalue weighted by Crippen LogP contribution is -2.40. The Morgan fingerprint density at radius 2 is 2.18 bits per heavy atom. The Morgan fingerprint density at radius 1 is 1.45 bits per heavy atom. The molecule has 0 aliphatic rings. The summed E-state index contributed by atoms with van der Waals surface area (Å²) in [5.41, 5.74) is 7.71. The van der Waals surface area contributed by atoms with Crippen LogP contribution in [0, 0.1) is 6.92 Å². The van der Waals surface area contributed by atoms with Crippen LogP contribution in [-0.4, -0.2) is 22.6 Å². The zero-order valence-corrected chi connectivity index (χ0v) is 13.1. The molecule has 0 aliphatic heterocycles. The maximum atomic E-state index is 11.6. The maximum Gasteiger partial charge on any atom is 0.250 e. The van der Waals surface area contributed by atoms with Crippen molar-refractivity contribution in [2.24, 2.45) is 11.6 Å². The summed E-state index contributed by atoms with van der Waals surface area (Å²) in [6.07, 6.45) is 0.738. The molecule has 2 rings (SSSR count). The molecular formula is C14H17N5O2S. The lowest BCUT2D eigenvalue weighted by molar-refractivity contribution is -0.108. The summed E-state index contributed by atoms with van der Waals surface area (Å²) in [6, 6.07) is 6.26. The van der Waals surface area contributed by atoms with Crippen molar-refractivity contribution in [1.82, 2.24) is 4.37 Å². The van der Waals surface area contributed by atoms with E-state index >= 15 is 0 Å². The lowest BCUT2D eigenvalue weighted by Gasteiger charge is -2.23. The molecule has 0 unspecified atom stereocenters. The number of carbonyl (C=O) groups excluding carboxylic acids is 2. The molecule has 1 heterocycles. The van der Waals surface area contributed by atoms with Gasteiger partial charge in [-0.3, -0.25) is 4.79 Å². The SMILES string of the molecule is Cc1cc(Nc2cc(N(N)[C@H](C)C=O)ccc2C(N)=O)sn1. The molecule has 116 valence electrons. The summed E-state index contributed by atoms with van der Waals surface area (Å²) in [6.45, 7) is 3.55. The highest BCUT2D eigenvalue weighted by Gasteiger charge is 2.15. The number of nitrogens with one attached hydrogen (secondary N) is 1. The summed E-state index contributed by atoms with van der Waals surface area (Å²) < 4.78 is 4.17. The van der Waals surface area contributed by atoms with Crippen LogP contribution in [0.25, 0.3) is 0 Å². The third-order valence-electron chi connectivity index (χ3n) is 3.09. The Hall–Kier alpha value is -2.45. The van der Waals surface area contributed by atoms with Gasteiger partial charge in [0.2, 0.25) is 0 Å². The number of nitrogens with zero attached hydrogens (tertiary/aromatic N) is 2. The molecule has 1 atom stereocenters. The number of aldehydes is 1. The highest BCUT2D eigenvalue weighted by molar-refractivity contribution is 7.10. The van der Waals surface area contributed by atoms with Crippen LogP contribution in [0.15, 0.2) is 24.3 Å². The van der Waals surface area contributed by atoms with E-state index in [9.17, 15) is 9.59 Å². The van der Waals surface area contributed by atoms with E-state index in [4.69, 9.17) is 11.6 Å². The van der Waals surface area contributed by atoms with Crippen molar-refractivity contribution >= 4 is 40.1 Å². The van der Waals surface area contributed by atoms with Crippen LogP contribution in [0.3, 0.4) is 0 Å². The number of aromatic nitrogens is 1. The molecule has 0 radical (unpaired) electrons. The predicted molar refractivity (Wildman–Crippen MR) is 87.3 cm³/mol. The van der Waals surface area contributed by atoms with Crippen molar-refractivity contribution < 1.29 is 9.59 Å². The van der Waals surface area contributed by atoms with Crippen LogP contribution in [0.5, 0.6) is 0 Å².